The Bertz CT molecular complexity index is 292. The minimum Gasteiger partial charge on any atom is -0.466 e. The van der Waals surface area contributed by atoms with Crippen LogP contribution in [-0.4, -0.2) is 37.0 Å². The van der Waals surface area contributed by atoms with Crippen LogP contribution in [0.4, 0.5) is 0 Å². The smallest absolute Gasteiger partial charge is 0.302 e. The Morgan fingerprint density at radius 1 is 1.50 bits per heavy atom. The Morgan fingerprint density at radius 2 is 2.33 bits per heavy atom. The van der Waals surface area contributed by atoms with E-state index in [4.69, 9.17) is 14.2 Å². The second-order valence-electron chi connectivity index (χ2n) is 5.34. The van der Waals surface area contributed by atoms with Crippen LogP contribution in [0.15, 0.2) is 0 Å². The van der Waals surface area contributed by atoms with Crippen LogP contribution in [0.1, 0.15) is 52.4 Å². The van der Waals surface area contributed by atoms with Gasteiger partial charge in [0.2, 0.25) is 0 Å². The maximum Gasteiger partial charge on any atom is 0.302 e. The minimum absolute atomic E-state index is 0.0374. The van der Waals surface area contributed by atoms with E-state index in [0.29, 0.717) is 6.61 Å². The molecule has 2 aliphatic heterocycles. The van der Waals surface area contributed by atoms with Crippen LogP contribution in [0.5, 0.6) is 0 Å². The molecule has 2 saturated heterocycles. The number of carbonyl (C=O) groups excluding carboxylic acids is 1. The fraction of sp³-hybridized carbons (Fsp3) is 0.929. The lowest BCUT2D eigenvalue weighted by Crippen LogP contribution is -2.44. The predicted octanol–water partition coefficient (Wildman–Crippen LogP) is 2.45. The van der Waals surface area contributed by atoms with E-state index < -0.39 is 0 Å². The highest BCUT2D eigenvalue weighted by Crippen LogP contribution is 2.42. The molecule has 0 spiro atoms. The zero-order valence-electron chi connectivity index (χ0n) is 11.4. The Hall–Kier alpha value is -0.610. The van der Waals surface area contributed by atoms with E-state index in [1.807, 2.05) is 0 Å². The average Bonchev–Trinajstić information content (AvgIpc) is 2.73. The van der Waals surface area contributed by atoms with Gasteiger partial charge in [-0.3, -0.25) is 4.79 Å². The second kappa shape index (κ2) is 6.02. The number of ether oxygens (including phenoxy) is 3. The standard InChI is InChI=1S/C14H24O4/c1-3-14-10-12(6-4-8-16-11(2)15)18-13(14)7-5-9-17-14/h12-13H,3-10H2,1-2H3/t12-,13+,14+/m1/s1. The van der Waals surface area contributed by atoms with E-state index in [2.05, 4.69) is 6.92 Å². The van der Waals surface area contributed by atoms with E-state index in [1.165, 1.54) is 6.92 Å². The van der Waals surface area contributed by atoms with E-state index in [1.54, 1.807) is 0 Å². The molecule has 0 aliphatic carbocycles. The maximum atomic E-state index is 10.7. The maximum absolute atomic E-state index is 10.7. The normalized spacial score (nSPS) is 35.2. The van der Waals surface area contributed by atoms with Crippen molar-refractivity contribution in [1.29, 1.82) is 0 Å². The van der Waals surface area contributed by atoms with Crippen molar-refractivity contribution in [2.24, 2.45) is 0 Å². The molecule has 0 unspecified atom stereocenters. The van der Waals surface area contributed by atoms with E-state index in [-0.39, 0.29) is 23.8 Å². The first-order valence-corrected chi connectivity index (χ1v) is 7.09. The van der Waals surface area contributed by atoms with Gasteiger partial charge >= 0.3 is 5.97 Å². The number of fused-ring (bicyclic) bond motifs is 1. The molecule has 4 nitrogen and oxygen atoms in total. The molecular weight excluding hydrogens is 232 g/mol. The molecular formula is C14H24O4. The fourth-order valence-electron chi connectivity index (χ4n) is 3.12. The molecule has 0 radical (unpaired) electrons. The Morgan fingerprint density at radius 3 is 3.00 bits per heavy atom. The molecule has 0 amide bonds. The van der Waals surface area contributed by atoms with Crippen LogP contribution >= 0.6 is 0 Å². The molecule has 0 saturated carbocycles. The van der Waals surface area contributed by atoms with Gasteiger partial charge in [-0.1, -0.05) is 6.92 Å². The fourth-order valence-corrected chi connectivity index (χ4v) is 3.12. The van der Waals surface area contributed by atoms with Crippen LogP contribution in [0.25, 0.3) is 0 Å². The molecule has 0 aromatic rings. The Balaban J connectivity index is 1.77. The van der Waals surface area contributed by atoms with Crippen molar-refractivity contribution < 1.29 is 19.0 Å². The molecule has 4 heteroatoms. The minimum atomic E-state index is -0.204. The van der Waals surface area contributed by atoms with Gasteiger partial charge in [-0.2, -0.15) is 0 Å². The van der Waals surface area contributed by atoms with Crippen molar-refractivity contribution in [3.8, 4) is 0 Å². The van der Waals surface area contributed by atoms with Crippen LogP contribution in [0.3, 0.4) is 0 Å². The topological polar surface area (TPSA) is 44.8 Å². The summed E-state index contributed by atoms with van der Waals surface area (Å²) in [6.45, 7) is 5.00. The number of carbonyl (C=O) groups is 1. The summed E-state index contributed by atoms with van der Waals surface area (Å²) in [6.07, 6.45) is 6.61. The quantitative estimate of drug-likeness (QED) is 0.560. The zero-order chi connectivity index (χ0) is 13.0. The van der Waals surface area contributed by atoms with Crippen molar-refractivity contribution in [2.45, 2.75) is 70.2 Å². The second-order valence-corrected chi connectivity index (χ2v) is 5.34. The van der Waals surface area contributed by atoms with Gasteiger partial charge in [-0.05, 0) is 32.1 Å². The number of rotatable bonds is 5. The van der Waals surface area contributed by atoms with Gasteiger partial charge in [-0.25, -0.2) is 0 Å². The highest BCUT2D eigenvalue weighted by Gasteiger charge is 2.49. The van der Waals surface area contributed by atoms with Crippen LogP contribution in [-0.2, 0) is 19.0 Å². The highest BCUT2D eigenvalue weighted by molar-refractivity contribution is 5.65. The molecule has 0 bridgehead atoms. The molecule has 3 atom stereocenters. The van der Waals surface area contributed by atoms with E-state index in [9.17, 15) is 4.79 Å². The highest BCUT2D eigenvalue weighted by atomic mass is 16.6. The molecule has 2 heterocycles. The molecule has 2 rings (SSSR count). The summed E-state index contributed by atoms with van der Waals surface area (Å²) in [5.41, 5.74) is -0.0374. The van der Waals surface area contributed by atoms with Gasteiger partial charge in [0.05, 0.1) is 24.4 Å². The van der Waals surface area contributed by atoms with Crippen molar-refractivity contribution >= 4 is 5.97 Å². The largest absolute Gasteiger partial charge is 0.466 e. The molecule has 0 N–H and O–H groups in total. The lowest BCUT2D eigenvalue weighted by atomic mass is 9.86. The third kappa shape index (κ3) is 3.04. The van der Waals surface area contributed by atoms with Gasteiger partial charge in [0.1, 0.15) is 0 Å². The summed E-state index contributed by atoms with van der Waals surface area (Å²) >= 11 is 0. The van der Waals surface area contributed by atoms with Gasteiger partial charge in [0.25, 0.3) is 0 Å². The van der Waals surface area contributed by atoms with Gasteiger partial charge in [-0.15, -0.1) is 0 Å². The van der Waals surface area contributed by atoms with Gasteiger partial charge in [0.15, 0.2) is 0 Å². The lowest BCUT2D eigenvalue weighted by Gasteiger charge is -2.37. The molecule has 18 heavy (non-hydrogen) atoms. The van der Waals surface area contributed by atoms with Gasteiger partial charge in [0, 0.05) is 20.0 Å². The van der Waals surface area contributed by atoms with Crippen molar-refractivity contribution in [3.63, 3.8) is 0 Å². The summed E-state index contributed by atoms with van der Waals surface area (Å²) < 4.78 is 17.1. The average molecular weight is 256 g/mol. The summed E-state index contributed by atoms with van der Waals surface area (Å²) in [4.78, 5) is 10.7. The van der Waals surface area contributed by atoms with Crippen LogP contribution < -0.4 is 0 Å². The first-order chi connectivity index (χ1) is 8.66. The molecule has 0 aromatic heterocycles. The van der Waals surface area contributed by atoms with E-state index in [0.717, 1.165) is 45.1 Å². The molecule has 2 aliphatic rings. The van der Waals surface area contributed by atoms with Crippen molar-refractivity contribution in [3.05, 3.63) is 0 Å². The van der Waals surface area contributed by atoms with Gasteiger partial charge < -0.3 is 14.2 Å². The van der Waals surface area contributed by atoms with Crippen LogP contribution in [0.2, 0.25) is 0 Å². The number of esters is 1. The summed E-state index contributed by atoms with van der Waals surface area (Å²) in [5.74, 6) is -0.204. The first-order valence-electron chi connectivity index (χ1n) is 7.09. The first kappa shape index (κ1) is 13.8. The molecule has 2 fully saturated rings. The summed E-state index contributed by atoms with van der Waals surface area (Å²) in [6, 6.07) is 0. The lowest BCUT2D eigenvalue weighted by molar-refractivity contribution is -0.141. The Kier molecular flexibility index (Phi) is 4.62. The SMILES string of the molecule is CC[C@]12C[C@@H](CCCOC(C)=O)O[C@H]1CCCO2. The summed E-state index contributed by atoms with van der Waals surface area (Å²) in [7, 11) is 0. The zero-order valence-corrected chi connectivity index (χ0v) is 11.4. The summed E-state index contributed by atoms with van der Waals surface area (Å²) in [5, 5.41) is 0. The molecule has 0 aromatic carbocycles. The van der Waals surface area contributed by atoms with Crippen LogP contribution in [0, 0.1) is 0 Å². The number of hydrogen-bond acceptors (Lipinski definition) is 4. The third-order valence-electron chi connectivity index (χ3n) is 4.09. The molecule has 104 valence electrons. The predicted molar refractivity (Wildman–Crippen MR) is 67.4 cm³/mol. The monoisotopic (exact) mass is 256 g/mol. The third-order valence-corrected chi connectivity index (χ3v) is 4.09. The Labute approximate surface area is 109 Å². The van der Waals surface area contributed by atoms with Crippen molar-refractivity contribution in [2.75, 3.05) is 13.2 Å². The van der Waals surface area contributed by atoms with E-state index >= 15 is 0 Å². The van der Waals surface area contributed by atoms with Crippen molar-refractivity contribution in [1.82, 2.24) is 0 Å². The number of hydrogen-bond donors (Lipinski definition) is 0.